The third kappa shape index (κ3) is 6.85. The Labute approximate surface area is 249 Å². The molecule has 0 atom stereocenters. The van der Waals surface area contributed by atoms with Gasteiger partial charge < -0.3 is 25.1 Å². The number of nitrogens with one attached hydrogen (secondary N) is 1. The molecule has 4 rings (SSSR count). The van der Waals surface area contributed by atoms with E-state index < -0.39 is 14.2 Å². The Hall–Kier alpha value is -3.14. The largest absolute Gasteiger partial charge is 0.543 e. The highest BCUT2D eigenvalue weighted by atomic mass is 35.5. The van der Waals surface area contributed by atoms with E-state index in [4.69, 9.17) is 31.5 Å². The summed E-state index contributed by atoms with van der Waals surface area (Å²) in [6.45, 7) is 15.2. The van der Waals surface area contributed by atoms with Crippen LogP contribution in [0.3, 0.4) is 0 Å². The van der Waals surface area contributed by atoms with Gasteiger partial charge in [0.2, 0.25) is 20.1 Å². The zero-order chi connectivity index (χ0) is 30.1. The summed E-state index contributed by atoms with van der Waals surface area (Å²) in [5, 5.41) is 3.70. The first-order valence-corrected chi connectivity index (χ1v) is 17.3. The monoisotopic (exact) mass is 595 g/mol. The summed E-state index contributed by atoms with van der Waals surface area (Å²) in [6, 6.07) is 11.7. The highest BCUT2D eigenvalue weighted by molar-refractivity contribution is 6.74. The van der Waals surface area contributed by atoms with Crippen LogP contribution in [0, 0.1) is 6.92 Å². The number of aromatic nitrogens is 2. The van der Waals surface area contributed by atoms with E-state index in [1.54, 1.807) is 12.1 Å². The van der Waals surface area contributed by atoms with Gasteiger partial charge in [-0.2, -0.15) is 4.98 Å². The second-order valence-corrected chi connectivity index (χ2v) is 17.6. The number of piperidine rings is 1. The van der Waals surface area contributed by atoms with E-state index in [1.807, 2.05) is 12.1 Å². The van der Waals surface area contributed by atoms with Gasteiger partial charge in [-0.3, -0.25) is 4.79 Å². The number of aryl methyl sites for hydroxylation is 1. The molecule has 220 valence electrons. The van der Waals surface area contributed by atoms with Gasteiger partial charge in [-0.15, -0.1) is 0 Å². The number of amides is 1. The van der Waals surface area contributed by atoms with Gasteiger partial charge in [-0.1, -0.05) is 38.4 Å². The lowest BCUT2D eigenvalue weighted by molar-refractivity contribution is 0.0997. The van der Waals surface area contributed by atoms with Crippen molar-refractivity contribution in [2.75, 3.05) is 32.6 Å². The molecule has 0 bridgehead atoms. The smallest absolute Gasteiger partial charge is 0.256 e. The molecular formula is C31H42ClN5O3Si. The van der Waals surface area contributed by atoms with Crippen LogP contribution in [0.1, 0.15) is 61.0 Å². The molecule has 0 unspecified atom stereocenters. The molecule has 0 spiro atoms. The van der Waals surface area contributed by atoms with Gasteiger partial charge in [0.05, 0.1) is 17.8 Å². The van der Waals surface area contributed by atoms with Gasteiger partial charge in [0.25, 0.3) is 5.91 Å². The third-order valence-corrected chi connectivity index (χ3v) is 13.1. The number of methoxy groups -OCH3 is 1. The maximum absolute atomic E-state index is 12.6. The first-order chi connectivity index (χ1) is 19.2. The predicted molar refractivity (Wildman–Crippen MR) is 169 cm³/mol. The van der Waals surface area contributed by atoms with Gasteiger partial charge in [0.1, 0.15) is 11.3 Å². The van der Waals surface area contributed by atoms with Crippen LogP contribution < -0.4 is 20.2 Å². The van der Waals surface area contributed by atoms with Crippen molar-refractivity contribution in [1.29, 1.82) is 0 Å². The van der Waals surface area contributed by atoms with Crippen molar-refractivity contribution in [3.8, 4) is 22.9 Å². The highest BCUT2D eigenvalue weighted by Crippen LogP contribution is 2.41. The molecule has 1 saturated heterocycles. The molecule has 1 aliphatic rings. The van der Waals surface area contributed by atoms with Crippen LogP contribution in [0.15, 0.2) is 36.4 Å². The number of rotatable bonds is 8. The minimum absolute atomic E-state index is 0.00141. The van der Waals surface area contributed by atoms with Crippen molar-refractivity contribution in [3.63, 3.8) is 0 Å². The molecule has 0 saturated carbocycles. The van der Waals surface area contributed by atoms with E-state index in [-0.39, 0.29) is 28.1 Å². The number of primary amides is 1. The Kier molecular flexibility index (Phi) is 9.01. The predicted octanol–water partition coefficient (Wildman–Crippen LogP) is 7.15. The maximum Gasteiger partial charge on any atom is 0.256 e. The van der Waals surface area contributed by atoms with Crippen LogP contribution in [0.2, 0.25) is 23.2 Å². The molecule has 3 N–H and O–H groups in total. The van der Waals surface area contributed by atoms with Gasteiger partial charge >= 0.3 is 0 Å². The van der Waals surface area contributed by atoms with Crippen molar-refractivity contribution < 1.29 is 14.0 Å². The van der Waals surface area contributed by atoms with Crippen molar-refractivity contribution >= 4 is 37.5 Å². The quantitative estimate of drug-likeness (QED) is 0.267. The van der Waals surface area contributed by atoms with Crippen LogP contribution in [-0.2, 0) is 0 Å². The van der Waals surface area contributed by atoms with Crippen LogP contribution in [0.4, 0.5) is 11.6 Å². The van der Waals surface area contributed by atoms with E-state index in [0.717, 1.165) is 31.6 Å². The average molecular weight is 596 g/mol. The topological polar surface area (TPSA) is 103 Å². The van der Waals surface area contributed by atoms with Gasteiger partial charge in [-0.25, -0.2) is 4.98 Å². The number of carbonyl (C=O) groups excluding carboxylic acids is 1. The van der Waals surface area contributed by atoms with E-state index in [0.29, 0.717) is 22.3 Å². The summed E-state index contributed by atoms with van der Waals surface area (Å²) in [5.74, 6) is 0.824. The van der Waals surface area contributed by atoms with Crippen molar-refractivity contribution in [1.82, 2.24) is 14.9 Å². The number of carbonyl (C=O) groups is 1. The molecule has 1 amide bonds. The number of hydrogen-bond donors (Lipinski definition) is 2. The summed E-state index contributed by atoms with van der Waals surface area (Å²) in [5.41, 5.74) is 10.1. The maximum atomic E-state index is 12.6. The second-order valence-electron chi connectivity index (χ2n) is 12.4. The summed E-state index contributed by atoms with van der Waals surface area (Å²) in [7, 11) is 1.48. The minimum Gasteiger partial charge on any atom is -0.543 e. The van der Waals surface area contributed by atoms with E-state index in [1.165, 1.54) is 18.2 Å². The summed E-state index contributed by atoms with van der Waals surface area (Å²) >= 11 is 6.68. The molecular weight excluding hydrogens is 554 g/mol. The lowest BCUT2D eigenvalue weighted by Gasteiger charge is -2.36. The molecule has 0 aliphatic carbocycles. The van der Waals surface area contributed by atoms with E-state index in [2.05, 4.69) is 75.2 Å². The lowest BCUT2D eigenvalue weighted by Crippen LogP contribution is -2.43. The molecule has 2 aromatic carbocycles. The standard InChI is InChI=1S/C31H42ClN5O3Si/c1-19-17-21(9-11-23(19)20-13-15-37(5)16-14-20)34-30-35-27(26(28(33)38)29(36-30)39-6)24-18-22(10-12-25(24)32)40-41(7,8)31(2,3)4/h9-12,17-18,20H,13-16H2,1-8H3,(H2,33,38)(H,34,35,36). The fourth-order valence-corrected chi connectivity index (χ4v) is 6.15. The summed E-state index contributed by atoms with van der Waals surface area (Å²) in [4.78, 5) is 24.2. The molecule has 10 heteroatoms. The van der Waals surface area contributed by atoms with Crippen LogP contribution in [0.25, 0.3) is 11.3 Å². The van der Waals surface area contributed by atoms with Crippen LogP contribution >= 0.6 is 11.6 Å². The number of halogens is 1. The Morgan fingerprint density at radius 3 is 2.39 bits per heavy atom. The number of anilines is 2. The number of hydrogen-bond acceptors (Lipinski definition) is 7. The number of benzene rings is 2. The molecule has 1 fully saturated rings. The Morgan fingerprint density at radius 2 is 1.80 bits per heavy atom. The zero-order valence-corrected chi connectivity index (χ0v) is 27.1. The molecule has 2 heterocycles. The van der Waals surface area contributed by atoms with Crippen LogP contribution in [0.5, 0.6) is 11.6 Å². The van der Waals surface area contributed by atoms with Crippen molar-refractivity contribution in [2.45, 2.75) is 64.6 Å². The SMILES string of the molecule is COc1nc(Nc2ccc(C3CCN(C)CC3)c(C)c2)nc(-c2cc(O[Si](C)(C)C(C)(C)C)ccc2Cl)c1C(N)=O. The Morgan fingerprint density at radius 1 is 1.12 bits per heavy atom. The lowest BCUT2D eigenvalue weighted by atomic mass is 9.87. The molecule has 1 aromatic heterocycles. The molecule has 3 aromatic rings. The van der Waals surface area contributed by atoms with E-state index >= 15 is 0 Å². The van der Waals surface area contributed by atoms with Crippen molar-refractivity contribution in [3.05, 3.63) is 58.1 Å². The minimum atomic E-state index is -2.14. The van der Waals surface area contributed by atoms with Crippen LogP contribution in [-0.4, -0.2) is 56.3 Å². The van der Waals surface area contributed by atoms with Gasteiger partial charge in [0.15, 0.2) is 0 Å². The Bertz CT molecular complexity index is 1430. The average Bonchev–Trinajstić information content (AvgIpc) is 2.89. The third-order valence-electron chi connectivity index (χ3n) is 8.37. The van der Waals surface area contributed by atoms with Crippen molar-refractivity contribution in [2.24, 2.45) is 5.73 Å². The van der Waals surface area contributed by atoms with Gasteiger partial charge in [0, 0.05) is 11.3 Å². The normalized spacial score (nSPS) is 15.0. The van der Waals surface area contributed by atoms with Gasteiger partial charge in [-0.05, 0) is 105 Å². The molecule has 0 radical (unpaired) electrons. The molecule has 1 aliphatic heterocycles. The highest BCUT2D eigenvalue weighted by Gasteiger charge is 2.39. The number of likely N-dealkylation sites (tertiary alicyclic amines) is 1. The number of ether oxygens (including phenoxy) is 1. The van der Waals surface area contributed by atoms with E-state index in [9.17, 15) is 4.79 Å². The number of nitrogens with two attached hydrogens (primary N) is 1. The fourth-order valence-electron chi connectivity index (χ4n) is 4.92. The zero-order valence-electron chi connectivity index (χ0n) is 25.4. The summed E-state index contributed by atoms with van der Waals surface area (Å²) < 4.78 is 12.0. The number of nitrogens with zero attached hydrogens (tertiary/aromatic N) is 3. The summed E-state index contributed by atoms with van der Waals surface area (Å²) in [6.07, 6.45) is 2.31. The first kappa shape index (κ1) is 30.8. The fraction of sp³-hybridized carbons (Fsp3) is 0.452. The second kappa shape index (κ2) is 12.0. The molecule has 41 heavy (non-hydrogen) atoms. The Balaban J connectivity index is 1.72. The first-order valence-electron chi connectivity index (χ1n) is 14.0. The molecule has 8 nitrogen and oxygen atoms in total.